The smallest absolute Gasteiger partial charge is 0.295 e. The highest BCUT2D eigenvalue weighted by Gasteiger charge is 2.43. The Morgan fingerprint density at radius 2 is 1.60 bits per heavy atom. The van der Waals surface area contributed by atoms with Crippen LogP contribution in [-0.4, -0.2) is 5.91 Å². The van der Waals surface area contributed by atoms with Crippen molar-refractivity contribution in [1.29, 1.82) is 0 Å². The number of rotatable bonds is 3. The third-order valence-corrected chi connectivity index (χ3v) is 5.79. The van der Waals surface area contributed by atoms with Crippen LogP contribution in [0.3, 0.4) is 0 Å². The Hall–Kier alpha value is -3.66. The summed E-state index contributed by atoms with van der Waals surface area (Å²) in [6.07, 6.45) is 0.926. The molecule has 4 nitrogen and oxygen atoms in total. The Balaban J connectivity index is 1.78. The van der Waals surface area contributed by atoms with Crippen molar-refractivity contribution in [3.8, 4) is 0 Å². The zero-order chi connectivity index (χ0) is 20.8. The topological polar surface area (TPSA) is 50.5 Å². The van der Waals surface area contributed by atoms with Crippen molar-refractivity contribution in [1.82, 2.24) is 0 Å². The molecule has 1 aromatic heterocycles. The molecular weight excluding hydrogens is 374 g/mol. The number of carbonyl (C=O) groups excluding carboxylic acids is 1. The first-order valence-corrected chi connectivity index (χ1v) is 10.1. The summed E-state index contributed by atoms with van der Waals surface area (Å²) in [6, 6.07) is 22.4. The van der Waals surface area contributed by atoms with E-state index in [-0.39, 0.29) is 17.1 Å². The molecule has 0 saturated heterocycles. The molecule has 0 N–H and O–H groups in total. The predicted octanol–water partition coefficient (Wildman–Crippen LogP) is 5.41. The molecule has 0 saturated carbocycles. The summed E-state index contributed by atoms with van der Waals surface area (Å²) in [5, 5.41) is 0.491. The Morgan fingerprint density at radius 1 is 0.900 bits per heavy atom. The second-order valence-corrected chi connectivity index (χ2v) is 7.68. The normalized spacial score (nSPS) is 15.6. The van der Waals surface area contributed by atoms with Crippen LogP contribution in [0.15, 0.2) is 82.0 Å². The number of hydrogen-bond donors (Lipinski definition) is 0. The SMILES string of the molecule is CCc1ccc(C2c3c(oc4ccccc4c3=O)C(=O)N2c2ccc(C)cc2)cc1. The van der Waals surface area contributed by atoms with Crippen molar-refractivity contribution in [2.45, 2.75) is 26.3 Å². The third kappa shape index (κ3) is 2.76. The molecule has 0 bridgehead atoms. The highest BCUT2D eigenvalue weighted by Crippen LogP contribution is 2.41. The zero-order valence-electron chi connectivity index (χ0n) is 16.9. The minimum Gasteiger partial charge on any atom is -0.450 e. The van der Waals surface area contributed by atoms with E-state index in [0.717, 1.165) is 23.2 Å². The lowest BCUT2D eigenvalue weighted by molar-refractivity contribution is 0.0971. The quantitative estimate of drug-likeness (QED) is 0.466. The standard InChI is InChI=1S/C26H21NO3/c1-3-17-10-12-18(13-11-17)23-22-24(28)20-6-4-5-7-21(20)30-25(22)26(29)27(23)19-14-8-16(2)9-15-19/h4-15,23H,3H2,1-2H3. The minimum absolute atomic E-state index is 0.129. The maximum absolute atomic E-state index is 13.5. The van der Waals surface area contributed by atoms with Crippen LogP contribution in [0.5, 0.6) is 0 Å². The van der Waals surface area contributed by atoms with Gasteiger partial charge in [0.25, 0.3) is 5.91 Å². The van der Waals surface area contributed by atoms with Crippen LogP contribution in [-0.2, 0) is 6.42 Å². The number of hydrogen-bond acceptors (Lipinski definition) is 3. The van der Waals surface area contributed by atoms with E-state index >= 15 is 0 Å². The monoisotopic (exact) mass is 395 g/mol. The van der Waals surface area contributed by atoms with Gasteiger partial charge >= 0.3 is 0 Å². The van der Waals surface area contributed by atoms with Gasteiger partial charge < -0.3 is 4.42 Å². The lowest BCUT2D eigenvalue weighted by atomic mass is 9.97. The molecule has 4 aromatic rings. The molecule has 1 atom stereocenters. The molecule has 1 amide bonds. The van der Waals surface area contributed by atoms with Gasteiger partial charge in [0.15, 0.2) is 5.43 Å². The van der Waals surface area contributed by atoms with Gasteiger partial charge in [-0.3, -0.25) is 14.5 Å². The lowest BCUT2D eigenvalue weighted by Gasteiger charge is -2.25. The van der Waals surface area contributed by atoms with Crippen LogP contribution in [0.1, 0.15) is 45.8 Å². The van der Waals surface area contributed by atoms with Gasteiger partial charge in [0.2, 0.25) is 5.76 Å². The van der Waals surface area contributed by atoms with Crippen LogP contribution in [0.2, 0.25) is 0 Å². The first-order chi connectivity index (χ1) is 14.6. The Kier molecular flexibility index (Phi) is 4.28. The average Bonchev–Trinajstić information content (AvgIpc) is 3.07. The molecule has 0 fully saturated rings. The number of aryl methyl sites for hydroxylation is 2. The largest absolute Gasteiger partial charge is 0.450 e. The molecule has 30 heavy (non-hydrogen) atoms. The van der Waals surface area contributed by atoms with Crippen LogP contribution >= 0.6 is 0 Å². The van der Waals surface area contributed by atoms with E-state index in [1.54, 1.807) is 23.1 Å². The number of carbonyl (C=O) groups is 1. The number of anilines is 1. The van der Waals surface area contributed by atoms with Crippen molar-refractivity contribution in [3.63, 3.8) is 0 Å². The fourth-order valence-electron chi connectivity index (χ4n) is 4.14. The van der Waals surface area contributed by atoms with Crippen LogP contribution in [0, 0.1) is 6.92 Å². The molecule has 0 aliphatic carbocycles. The lowest BCUT2D eigenvalue weighted by Crippen LogP contribution is -2.29. The number of fused-ring (bicyclic) bond motifs is 2. The van der Waals surface area contributed by atoms with Gasteiger partial charge in [0.05, 0.1) is 17.0 Å². The molecule has 1 aliphatic heterocycles. The van der Waals surface area contributed by atoms with E-state index in [9.17, 15) is 9.59 Å². The van der Waals surface area contributed by atoms with Crippen molar-refractivity contribution in [2.24, 2.45) is 0 Å². The zero-order valence-corrected chi connectivity index (χ0v) is 16.9. The Labute approximate surface area is 174 Å². The molecule has 5 rings (SSSR count). The summed E-state index contributed by atoms with van der Waals surface area (Å²) < 4.78 is 5.98. The third-order valence-electron chi connectivity index (χ3n) is 5.79. The molecule has 0 spiro atoms. The van der Waals surface area contributed by atoms with Crippen molar-refractivity contribution in [2.75, 3.05) is 4.90 Å². The minimum atomic E-state index is -0.526. The van der Waals surface area contributed by atoms with Gasteiger partial charge in [-0.25, -0.2) is 0 Å². The van der Waals surface area contributed by atoms with Gasteiger partial charge in [-0.2, -0.15) is 0 Å². The second kappa shape index (κ2) is 6.99. The van der Waals surface area contributed by atoms with Gasteiger partial charge in [0.1, 0.15) is 5.58 Å². The van der Waals surface area contributed by atoms with Gasteiger partial charge in [-0.15, -0.1) is 0 Å². The molecule has 148 valence electrons. The summed E-state index contributed by atoms with van der Waals surface area (Å²) in [7, 11) is 0. The maximum atomic E-state index is 13.5. The predicted molar refractivity (Wildman–Crippen MR) is 118 cm³/mol. The molecule has 3 aromatic carbocycles. The van der Waals surface area contributed by atoms with E-state index in [1.165, 1.54) is 5.56 Å². The first kappa shape index (κ1) is 18.4. The average molecular weight is 395 g/mol. The fourth-order valence-corrected chi connectivity index (χ4v) is 4.14. The van der Waals surface area contributed by atoms with Crippen molar-refractivity contribution in [3.05, 3.63) is 111 Å². The Bertz CT molecular complexity index is 1320. The number of amides is 1. The number of benzene rings is 3. The number of para-hydroxylation sites is 1. The summed E-state index contributed by atoms with van der Waals surface area (Å²) in [6.45, 7) is 4.10. The van der Waals surface area contributed by atoms with Crippen LogP contribution in [0.25, 0.3) is 11.0 Å². The molecule has 1 unspecified atom stereocenters. The van der Waals surface area contributed by atoms with Crippen molar-refractivity contribution >= 4 is 22.6 Å². The van der Waals surface area contributed by atoms with Gasteiger partial charge in [0, 0.05) is 5.69 Å². The summed E-state index contributed by atoms with van der Waals surface area (Å²) in [5.41, 5.74) is 4.62. The molecule has 0 radical (unpaired) electrons. The Morgan fingerprint density at radius 3 is 2.30 bits per heavy atom. The van der Waals surface area contributed by atoms with Crippen molar-refractivity contribution < 1.29 is 9.21 Å². The van der Waals surface area contributed by atoms with Crippen LogP contribution < -0.4 is 10.3 Å². The molecule has 1 aliphatic rings. The fraction of sp³-hybridized carbons (Fsp3) is 0.154. The van der Waals surface area contributed by atoms with Gasteiger partial charge in [-0.1, -0.05) is 61.0 Å². The second-order valence-electron chi connectivity index (χ2n) is 7.68. The molecule has 4 heteroatoms. The molecular formula is C26H21NO3. The van der Waals surface area contributed by atoms with Gasteiger partial charge in [-0.05, 0) is 48.7 Å². The van der Waals surface area contributed by atoms with Crippen LogP contribution in [0.4, 0.5) is 5.69 Å². The summed E-state index contributed by atoms with van der Waals surface area (Å²) >= 11 is 0. The van der Waals surface area contributed by atoms with E-state index in [1.807, 2.05) is 61.5 Å². The van der Waals surface area contributed by atoms with E-state index in [4.69, 9.17) is 4.42 Å². The highest BCUT2D eigenvalue weighted by molar-refractivity contribution is 6.10. The number of nitrogens with zero attached hydrogens (tertiary/aromatic N) is 1. The summed E-state index contributed by atoms with van der Waals surface area (Å²) in [5.74, 6) is -0.162. The summed E-state index contributed by atoms with van der Waals surface area (Å²) in [4.78, 5) is 28.6. The van der Waals surface area contributed by atoms with E-state index < -0.39 is 6.04 Å². The molecule has 2 heterocycles. The first-order valence-electron chi connectivity index (χ1n) is 10.1. The van der Waals surface area contributed by atoms with E-state index in [0.29, 0.717) is 16.5 Å². The highest BCUT2D eigenvalue weighted by atomic mass is 16.3. The maximum Gasteiger partial charge on any atom is 0.295 e. The van der Waals surface area contributed by atoms with E-state index in [2.05, 4.69) is 6.92 Å².